The third kappa shape index (κ3) is 5.72. The summed E-state index contributed by atoms with van der Waals surface area (Å²) in [5.41, 5.74) is 2.58. The van der Waals surface area contributed by atoms with E-state index in [4.69, 9.17) is 0 Å². The first-order valence-electron chi connectivity index (χ1n) is 10.3. The van der Waals surface area contributed by atoms with Gasteiger partial charge in [-0.05, 0) is 31.2 Å². The van der Waals surface area contributed by atoms with Crippen LogP contribution in [-0.2, 0) is 11.3 Å². The number of hydrogen-bond donors (Lipinski definition) is 2. The van der Waals surface area contributed by atoms with Crippen LogP contribution in [0.2, 0.25) is 0 Å². The number of hydrogen-bond acceptors (Lipinski definition) is 6. The fraction of sp³-hybridized carbons (Fsp3) is 0.174. The van der Waals surface area contributed by atoms with Crippen molar-refractivity contribution in [2.24, 2.45) is 0 Å². The molecular formula is C23H19F3N6O3. The number of imidazole rings is 1. The summed E-state index contributed by atoms with van der Waals surface area (Å²) >= 11 is 0. The number of rotatable bonds is 6. The molecule has 0 spiro atoms. The number of carbonyl (C=O) groups excluding carboxylic acids is 2. The maximum Gasteiger partial charge on any atom is 0.573 e. The molecule has 0 aliphatic rings. The molecule has 3 aromatic heterocycles. The molecule has 0 unspecified atom stereocenters. The molecule has 0 radical (unpaired) electrons. The van der Waals surface area contributed by atoms with Gasteiger partial charge in [0.15, 0.2) is 11.5 Å². The number of fused-ring (bicyclic) bond motifs is 1. The summed E-state index contributed by atoms with van der Waals surface area (Å²) < 4.78 is 43.4. The van der Waals surface area contributed by atoms with E-state index in [1.807, 2.05) is 0 Å². The predicted molar refractivity (Wildman–Crippen MR) is 120 cm³/mol. The molecule has 0 saturated heterocycles. The number of carbonyl (C=O) groups is 2. The smallest absolute Gasteiger partial charge is 0.405 e. The Bertz CT molecular complexity index is 1420. The Kier molecular flexibility index (Phi) is 6.36. The highest BCUT2D eigenvalue weighted by Gasteiger charge is 2.32. The number of amides is 2. The second kappa shape index (κ2) is 9.41. The average molecular weight is 484 g/mol. The second-order valence-corrected chi connectivity index (χ2v) is 7.52. The Labute approximate surface area is 197 Å². The first-order valence-corrected chi connectivity index (χ1v) is 10.3. The summed E-state index contributed by atoms with van der Waals surface area (Å²) in [6.45, 7) is 2.94. The summed E-state index contributed by atoms with van der Waals surface area (Å²) in [5, 5.41) is 9.66. The van der Waals surface area contributed by atoms with E-state index < -0.39 is 12.3 Å². The van der Waals surface area contributed by atoms with Crippen LogP contribution in [0.5, 0.6) is 5.75 Å². The maximum atomic E-state index is 12.7. The SMILES string of the molecule is CC(=O)Nc1cn2nc(-c3cc(C(=O)NCc4ccccc4OC(F)(F)F)cnc3C)ccc2n1. The lowest BCUT2D eigenvalue weighted by molar-refractivity contribution is -0.274. The van der Waals surface area contributed by atoms with Crippen LogP contribution < -0.4 is 15.4 Å². The lowest BCUT2D eigenvalue weighted by atomic mass is 10.1. The quantitative estimate of drug-likeness (QED) is 0.430. The van der Waals surface area contributed by atoms with Crippen molar-refractivity contribution in [3.05, 3.63) is 71.7 Å². The average Bonchev–Trinajstić information content (AvgIpc) is 3.18. The van der Waals surface area contributed by atoms with Crippen molar-refractivity contribution in [1.82, 2.24) is 24.9 Å². The number of nitrogens with one attached hydrogen (secondary N) is 2. The van der Waals surface area contributed by atoms with Crippen molar-refractivity contribution in [2.45, 2.75) is 26.8 Å². The van der Waals surface area contributed by atoms with E-state index in [0.29, 0.717) is 28.4 Å². The van der Waals surface area contributed by atoms with Crippen molar-refractivity contribution in [3.8, 4) is 17.0 Å². The van der Waals surface area contributed by atoms with Crippen LogP contribution in [0.3, 0.4) is 0 Å². The third-order valence-electron chi connectivity index (χ3n) is 4.89. The predicted octanol–water partition coefficient (Wildman–Crippen LogP) is 3.89. The molecule has 9 nitrogen and oxygen atoms in total. The first-order chi connectivity index (χ1) is 16.6. The molecule has 3 heterocycles. The molecular weight excluding hydrogens is 465 g/mol. The van der Waals surface area contributed by atoms with Gasteiger partial charge in [-0.2, -0.15) is 5.10 Å². The minimum absolute atomic E-state index is 0.167. The van der Waals surface area contributed by atoms with Crippen molar-refractivity contribution in [1.29, 1.82) is 0 Å². The van der Waals surface area contributed by atoms with Gasteiger partial charge in [-0.1, -0.05) is 18.2 Å². The minimum Gasteiger partial charge on any atom is -0.405 e. The summed E-state index contributed by atoms with van der Waals surface area (Å²) in [6.07, 6.45) is -1.92. The fourth-order valence-corrected chi connectivity index (χ4v) is 3.33. The molecule has 35 heavy (non-hydrogen) atoms. The number of anilines is 1. The number of ether oxygens (including phenoxy) is 1. The summed E-state index contributed by atoms with van der Waals surface area (Å²) in [7, 11) is 0. The molecule has 0 atom stereocenters. The highest BCUT2D eigenvalue weighted by atomic mass is 19.4. The van der Waals surface area contributed by atoms with E-state index >= 15 is 0 Å². The van der Waals surface area contributed by atoms with Crippen LogP contribution in [0, 0.1) is 6.92 Å². The van der Waals surface area contributed by atoms with E-state index in [1.165, 1.54) is 35.8 Å². The van der Waals surface area contributed by atoms with Gasteiger partial charge < -0.3 is 15.4 Å². The lowest BCUT2D eigenvalue weighted by Crippen LogP contribution is -2.24. The molecule has 0 aliphatic heterocycles. The zero-order valence-electron chi connectivity index (χ0n) is 18.6. The third-order valence-corrected chi connectivity index (χ3v) is 4.89. The number of aromatic nitrogens is 4. The van der Waals surface area contributed by atoms with Gasteiger partial charge >= 0.3 is 6.36 Å². The monoisotopic (exact) mass is 484 g/mol. The second-order valence-electron chi connectivity index (χ2n) is 7.52. The Hall–Kier alpha value is -4.48. The van der Waals surface area contributed by atoms with Crippen molar-refractivity contribution in [3.63, 3.8) is 0 Å². The molecule has 4 aromatic rings. The maximum absolute atomic E-state index is 12.7. The Morgan fingerprint density at radius 1 is 1.14 bits per heavy atom. The number of para-hydroxylation sites is 1. The van der Waals surface area contributed by atoms with Gasteiger partial charge in [0, 0.05) is 36.5 Å². The van der Waals surface area contributed by atoms with E-state index in [0.717, 1.165) is 0 Å². The molecule has 2 N–H and O–H groups in total. The highest BCUT2D eigenvalue weighted by molar-refractivity contribution is 5.95. The Balaban J connectivity index is 1.55. The lowest BCUT2D eigenvalue weighted by Gasteiger charge is -2.14. The normalized spacial score (nSPS) is 11.3. The number of alkyl halides is 3. The van der Waals surface area contributed by atoms with E-state index in [2.05, 4.69) is 30.4 Å². The number of benzene rings is 1. The number of halogens is 3. The van der Waals surface area contributed by atoms with Crippen molar-refractivity contribution in [2.75, 3.05) is 5.32 Å². The molecule has 12 heteroatoms. The number of pyridine rings is 1. The largest absolute Gasteiger partial charge is 0.573 e. The van der Waals surface area contributed by atoms with Crippen molar-refractivity contribution < 1.29 is 27.5 Å². The van der Waals surface area contributed by atoms with E-state index in [-0.39, 0.29) is 29.3 Å². The highest BCUT2D eigenvalue weighted by Crippen LogP contribution is 2.26. The molecule has 0 fully saturated rings. The van der Waals surface area contributed by atoms with Crippen LogP contribution in [0.15, 0.2) is 54.9 Å². The summed E-state index contributed by atoms with van der Waals surface area (Å²) in [6, 6.07) is 10.6. The summed E-state index contributed by atoms with van der Waals surface area (Å²) in [4.78, 5) is 32.5. The molecule has 0 saturated carbocycles. The number of aryl methyl sites for hydroxylation is 1. The topological polar surface area (TPSA) is 111 Å². The zero-order chi connectivity index (χ0) is 25.2. The fourth-order valence-electron chi connectivity index (χ4n) is 3.33. The zero-order valence-corrected chi connectivity index (χ0v) is 18.6. The van der Waals surface area contributed by atoms with Crippen LogP contribution in [-0.4, -0.2) is 37.8 Å². The van der Waals surface area contributed by atoms with Crippen LogP contribution in [0.4, 0.5) is 19.0 Å². The van der Waals surface area contributed by atoms with Crippen LogP contribution >= 0.6 is 0 Å². The molecule has 0 bridgehead atoms. The van der Waals surface area contributed by atoms with Crippen LogP contribution in [0.1, 0.15) is 28.5 Å². The van der Waals surface area contributed by atoms with E-state index in [1.54, 1.807) is 37.4 Å². The Morgan fingerprint density at radius 3 is 2.66 bits per heavy atom. The molecule has 1 aromatic carbocycles. The van der Waals surface area contributed by atoms with E-state index in [9.17, 15) is 22.8 Å². The van der Waals surface area contributed by atoms with Gasteiger partial charge in [-0.3, -0.25) is 14.6 Å². The van der Waals surface area contributed by atoms with Gasteiger partial charge in [0.25, 0.3) is 5.91 Å². The van der Waals surface area contributed by atoms with Crippen molar-refractivity contribution >= 4 is 23.3 Å². The molecule has 180 valence electrons. The molecule has 0 aliphatic carbocycles. The van der Waals surface area contributed by atoms with Gasteiger partial charge in [-0.15, -0.1) is 13.2 Å². The summed E-state index contributed by atoms with van der Waals surface area (Å²) in [5.74, 6) is -0.836. The van der Waals surface area contributed by atoms with Gasteiger partial charge in [0.2, 0.25) is 5.91 Å². The standard InChI is InChI=1S/C23H19F3N6O3/c1-13-17(18-7-8-21-30-20(29-14(2)33)12-32(21)31-18)9-16(11-27-13)22(34)28-10-15-5-3-4-6-19(15)35-23(24,25)26/h3-9,11-12H,10H2,1-2H3,(H,28,34)(H,29,33). The molecule has 2 amide bonds. The number of nitrogens with zero attached hydrogens (tertiary/aromatic N) is 4. The van der Waals surface area contributed by atoms with Gasteiger partial charge in [0.05, 0.1) is 17.5 Å². The van der Waals surface area contributed by atoms with Gasteiger partial charge in [0.1, 0.15) is 5.75 Å². The molecule has 4 rings (SSSR count). The van der Waals surface area contributed by atoms with Gasteiger partial charge in [-0.25, -0.2) is 9.50 Å². The Morgan fingerprint density at radius 2 is 1.91 bits per heavy atom. The first kappa shape index (κ1) is 23.7. The minimum atomic E-state index is -4.85. The van der Waals surface area contributed by atoms with Crippen LogP contribution in [0.25, 0.3) is 16.9 Å².